The van der Waals surface area contributed by atoms with Gasteiger partial charge in [-0.15, -0.1) is 0 Å². The Hall–Kier alpha value is -2.10. The maximum Gasteiger partial charge on any atom is 0.119 e. The van der Waals surface area contributed by atoms with Crippen LogP contribution in [0.1, 0.15) is 68.6 Å². The van der Waals surface area contributed by atoms with Crippen LogP contribution in [0.25, 0.3) is 0 Å². The standard InChI is InChI=1S/C30H38O3/c1-29-15-16-30(14-7-17-33-21-22-8-5-4-6-9-22)20-25(32-3)19-28(30)27(29)12-10-23-18-24(31-2)11-13-26(23)29/h4-6,8-9,11,13,18,25H,7,10,12,14-17,19-21H2,1-3H3/t25?,29?,30-/m0/s1. The van der Waals surface area contributed by atoms with E-state index in [0.717, 1.165) is 31.6 Å². The van der Waals surface area contributed by atoms with Gasteiger partial charge in [0.15, 0.2) is 0 Å². The number of hydrogen-bond donors (Lipinski definition) is 0. The van der Waals surface area contributed by atoms with Gasteiger partial charge in [-0.1, -0.05) is 54.5 Å². The molecule has 5 rings (SSSR count). The van der Waals surface area contributed by atoms with Crippen LogP contribution in [-0.4, -0.2) is 26.9 Å². The molecule has 0 amide bonds. The highest BCUT2D eigenvalue weighted by Crippen LogP contribution is 2.62. The fourth-order valence-electron chi connectivity index (χ4n) is 6.99. The summed E-state index contributed by atoms with van der Waals surface area (Å²) in [7, 11) is 3.66. The Kier molecular flexibility index (Phi) is 6.37. The number of methoxy groups -OCH3 is 2. The second-order valence-electron chi connectivity index (χ2n) is 10.5. The summed E-state index contributed by atoms with van der Waals surface area (Å²) in [6.07, 6.45) is 9.75. The van der Waals surface area contributed by atoms with Crippen LogP contribution in [0.15, 0.2) is 59.7 Å². The highest BCUT2D eigenvalue weighted by molar-refractivity contribution is 5.52. The predicted octanol–water partition coefficient (Wildman–Crippen LogP) is 6.78. The Labute approximate surface area is 199 Å². The average Bonchev–Trinajstić information content (AvgIpc) is 3.23. The molecule has 33 heavy (non-hydrogen) atoms. The van der Waals surface area contributed by atoms with E-state index in [0.29, 0.717) is 18.1 Å². The van der Waals surface area contributed by atoms with E-state index in [9.17, 15) is 0 Å². The topological polar surface area (TPSA) is 27.7 Å². The van der Waals surface area contributed by atoms with Crippen LogP contribution in [0.5, 0.6) is 5.75 Å². The third-order valence-electron chi connectivity index (χ3n) is 8.76. The summed E-state index contributed by atoms with van der Waals surface area (Å²) >= 11 is 0. The second kappa shape index (κ2) is 9.27. The molecule has 3 aliphatic rings. The van der Waals surface area contributed by atoms with E-state index in [1.54, 1.807) is 18.3 Å². The number of rotatable bonds is 8. The highest BCUT2D eigenvalue weighted by Gasteiger charge is 2.52. The Balaban J connectivity index is 1.35. The van der Waals surface area contributed by atoms with Gasteiger partial charge in [-0.3, -0.25) is 0 Å². The van der Waals surface area contributed by atoms with E-state index in [1.165, 1.54) is 48.8 Å². The SMILES string of the molecule is COc1ccc2c(c1)CCC1=C3CC(OC)C[C@]3(CCCOCc3ccccc3)CCC12C. The molecule has 0 aliphatic heterocycles. The van der Waals surface area contributed by atoms with E-state index in [-0.39, 0.29) is 5.41 Å². The zero-order valence-corrected chi connectivity index (χ0v) is 20.5. The van der Waals surface area contributed by atoms with Gasteiger partial charge < -0.3 is 14.2 Å². The van der Waals surface area contributed by atoms with Crippen molar-refractivity contribution in [3.8, 4) is 5.75 Å². The lowest BCUT2D eigenvalue weighted by molar-refractivity contribution is 0.0788. The monoisotopic (exact) mass is 446 g/mol. The minimum Gasteiger partial charge on any atom is -0.497 e. The van der Waals surface area contributed by atoms with Gasteiger partial charge in [-0.2, -0.15) is 0 Å². The lowest BCUT2D eigenvalue weighted by atomic mass is 9.55. The number of ether oxygens (including phenoxy) is 3. The zero-order valence-electron chi connectivity index (χ0n) is 20.5. The van der Waals surface area contributed by atoms with Gasteiger partial charge in [-0.25, -0.2) is 0 Å². The van der Waals surface area contributed by atoms with Crippen molar-refractivity contribution in [3.63, 3.8) is 0 Å². The normalized spacial score (nSPS) is 28.3. The zero-order chi connectivity index (χ0) is 22.9. The molecule has 0 N–H and O–H groups in total. The van der Waals surface area contributed by atoms with Gasteiger partial charge in [0.05, 0.1) is 19.8 Å². The maximum atomic E-state index is 6.04. The molecule has 0 aromatic heterocycles. The Morgan fingerprint density at radius 3 is 2.61 bits per heavy atom. The third kappa shape index (κ3) is 4.15. The first-order valence-corrected chi connectivity index (χ1v) is 12.6. The molecule has 1 fully saturated rings. The van der Waals surface area contributed by atoms with Gasteiger partial charge in [0.1, 0.15) is 5.75 Å². The van der Waals surface area contributed by atoms with E-state index >= 15 is 0 Å². The summed E-state index contributed by atoms with van der Waals surface area (Å²) in [6, 6.07) is 17.2. The molecule has 1 saturated carbocycles. The third-order valence-corrected chi connectivity index (χ3v) is 8.76. The smallest absolute Gasteiger partial charge is 0.119 e. The van der Waals surface area contributed by atoms with Crippen molar-refractivity contribution < 1.29 is 14.2 Å². The molecule has 3 atom stereocenters. The van der Waals surface area contributed by atoms with Gasteiger partial charge in [0.25, 0.3) is 0 Å². The molecular weight excluding hydrogens is 408 g/mol. The number of benzene rings is 2. The van der Waals surface area contributed by atoms with Crippen molar-refractivity contribution >= 4 is 0 Å². The summed E-state index contributed by atoms with van der Waals surface area (Å²) in [6.45, 7) is 4.03. The first-order valence-electron chi connectivity index (χ1n) is 12.6. The Bertz CT molecular complexity index is 1010. The number of aryl methyl sites for hydroxylation is 1. The minimum atomic E-state index is 0.158. The van der Waals surface area contributed by atoms with Crippen LogP contribution >= 0.6 is 0 Å². The van der Waals surface area contributed by atoms with Gasteiger partial charge >= 0.3 is 0 Å². The first kappa shape index (κ1) is 22.7. The van der Waals surface area contributed by atoms with Crippen molar-refractivity contribution in [2.45, 2.75) is 76.4 Å². The van der Waals surface area contributed by atoms with E-state index < -0.39 is 0 Å². The summed E-state index contributed by atoms with van der Waals surface area (Å²) in [4.78, 5) is 0. The van der Waals surface area contributed by atoms with Crippen LogP contribution < -0.4 is 4.74 Å². The molecule has 2 unspecified atom stereocenters. The Morgan fingerprint density at radius 2 is 1.82 bits per heavy atom. The first-order chi connectivity index (χ1) is 16.1. The molecule has 2 aromatic rings. The predicted molar refractivity (Wildman–Crippen MR) is 133 cm³/mol. The minimum absolute atomic E-state index is 0.158. The van der Waals surface area contributed by atoms with Gasteiger partial charge in [0.2, 0.25) is 0 Å². The van der Waals surface area contributed by atoms with Crippen molar-refractivity contribution in [2.75, 3.05) is 20.8 Å². The van der Waals surface area contributed by atoms with Crippen LogP contribution in [0, 0.1) is 5.41 Å². The molecule has 0 radical (unpaired) electrons. The van der Waals surface area contributed by atoms with E-state index in [2.05, 4.69) is 55.5 Å². The van der Waals surface area contributed by atoms with Crippen LogP contribution in [0.2, 0.25) is 0 Å². The average molecular weight is 447 g/mol. The van der Waals surface area contributed by atoms with Crippen LogP contribution in [-0.2, 0) is 27.9 Å². The quantitative estimate of drug-likeness (QED) is 0.330. The van der Waals surface area contributed by atoms with E-state index in [1.807, 2.05) is 7.11 Å². The van der Waals surface area contributed by atoms with Crippen LogP contribution in [0.3, 0.4) is 0 Å². The Morgan fingerprint density at radius 1 is 0.970 bits per heavy atom. The molecular formula is C30H38O3. The number of allylic oxidation sites excluding steroid dienone is 1. The van der Waals surface area contributed by atoms with Crippen molar-refractivity contribution in [2.24, 2.45) is 5.41 Å². The molecule has 0 bridgehead atoms. The van der Waals surface area contributed by atoms with Gasteiger partial charge in [-0.05, 0) is 85.6 Å². The molecule has 176 valence electrons. The number of hydrogen-bond acceptors (Lipinski definition) is 3. The summed E-state index contributed by atoms with van der Waals surface area (Å²) in [5.74, 6) is 0.981. The van der Waals surface area contributed by atoms with Crippen molar-refractivity contribution in [1.29, 1.82) is 0 Å². The van der Waals surface area contributed by atoms with Crippen molar-refractivity contribution in [1.82, 2.24) is 0 Å². The largest absolute Gasteiger partial charge is 0.497 e. The fourth-order valence-corrected chi connectivity index (χ4v) is 6.99. The molecule has 0 spiro atoms. The lowest BCUT2D eigenvalue weighted by Crippen LogP contribution is -2.39. The lowest BCUT2D eigenvalue weighted by Gasteiger charge is -2.49. The molecule has 3 nitrogen and oxygen atoms in total. The summed E-state index contributed by atoms with van der Waals surface area (Å²) < 4.78 is 17.5. The molecule has 0 heterocycles. The maximum absolute atomic E-state index is 6.04. The molecule has 3 heteroatoms. The van der Waals surface area contributed by atoms with E-state index in [4.69, 9.17) is 14.2 Å². The summed E-state index contributed by atoms with van der Waals surface area (Å²) in [5, 5.41) is 0. The molecule has 0 saturated heterocycles. The molecule has 2 aromatic carbocycles. The number of fused-ring (bicyclic) bond motifs is 4. The second-order valence-corrected chi connectivity index (χ2v) is 10.5. The molecule has 3 aliphatic carbocycles. The summed E-state index contributed by atoms with van der Waals surface area (Å²) in [5.41, 5.74) is 8.16. The van der Waals surface area contributed by atoms with Crippen LogP contribution in [0.4, 0.5) is 0 Å². The van der Waals surface area contributed by atoms with Crippen molar-refractivity contribution in [3.05, 3.63) is 76.4 Å². The highest BCUT2D eigenvalue weighted by atomic mass is 16.5. The fraction of sp³-hybridized carbons (Fsp3) is 0.533. The van der Waals surface area contributed by atoms with Gasteiger partial charge in [0, 0.05) is 19.1 Å².